The molecule has 3 nitrogen and oxygen atoms in total. The second kappa shape index (κ2) is 4.55. The van der Waals surface area contributed by atoms with Gasteiger partial charge in [-0.05, 0) is 18.1 Å². The second-order valence-corrected chi connectivity index (χ2v) is 9.72. The lowest BCUT2D eigenvalue weighted by Gasteiger charge is -2.36. The van der Waals surface area contributed by atoms with Crippen LogP contribution in [0, 0.1) is 0 Å². The molecular formula is C9H22O3Si. The standard InChI is InChI=1S/C9H22O3Si/c1-9(2,3)13(4,5)12-7-8(11)6-10/h8,10-11H,6-7H2,1-5H3/t8-/m1/s1. The molecule has 0 aromatic heterocycles. The molecule has 0 unspecified atom stereocenters. The van der Waals surface area contributed by atoms with Crippen molar-refractivity contribution in [3.8, 4) is 0 Å². The minimum atomic E-state index is -1.76. The third kappa shape index (κ3) is 4.22. The molecule has 0 aromatic rings. The van der Waals surface area contributed by atoms with Crippen LogP contribution >= 0.6 is 0 Å². The van der Waals surface area contributed by atoms with Crippen molar-refractivity contribution in [3.63, 3.8) is 0 Å². The Morgan fingerprint density at radius 2 is 1.77 bits per heavy atom. The Morgan fingerprint density at radius 3 is 2.08 bits per heavy atom. The van der Waals surface area contributed by atoms with E-state index < -0.39 is 14.4 Å². The Kier molecular flexibility index (Phi) is 4.58. The van der Waals surface area contributed by atoms with E-state index in [9.17, 15) is 0 Å². The van der Waals surface area contributed by atoms with Crippen molar-refractivity contribution in [1.82, 2.24) is 0 Å². The smallest absolute Gasteiger partial charge is 0.192 e. The fraction of sp³-hybridized carbons (Fsp3) is 1.00. The SMILES string of the molecule is CC(C)(C)[Si](C)(C)OC[C@H](O)CO. The zero-order chi connectivity index (χ0) is 10.7. The Balaban J connectivity index is 4.04. The van der Waals surface area contributed by atoms with Crippen LogP contribution in [0.25, 0.3) is 0 Å². The van der Waals surface area contributed by atoms with Gasteiger partial charge in [0.15, 0.2) is 8.32 Å². The van der Waals surface area contributed by atoms with Crippen molar-refractivity contribution in [1.29, 1.82) is 0 Å². The summed E-state index contributed by atoms with van der Waals surface area (Å²) in [7, 11) is -1.76. The molecule has 1 atom stereocenters. The summed E-state index contributed by atoms with van der Waals surface area (Å²) in [5.41, 5.74) is 0. The molecule has 0 heterocycles. The zero-order valence-corrected chi connectivity index (χ0v) is 10.3. The van der Waals surface area contributed by atoms with E-state index in [1.165, 1.54) is 0 Å². The van der Waals surface area contributed by atoms with Gasteiger partial charge in [-0.1, -0.05) is 20.8 Å². The first-order chi connectivity index (χ1) is 5.70. The van der Waals surface area contributed by atoms with Gasteiger partial charge in [0.25, 0.3) is 0 Å². The summed E-state index contributed by atoms with van der Waals surface area (Å²) in [4.78, 5) is 0. The molecule has 0 aromatic carbocycles. The van der Waals surface area contributed by atoms with Crippen molar-refractivity contribution in [3.05, 3.63) is 0 Å². The summed E-state index contributed by atoms with van der Waals surface area (Å²) in [6.45, 7) is 10.7. The maximum Gasteiger partial charge on any atom is 0.192 e. The molecule has 0 spiro atoms. The maximum atomic E-state index is 9.13. The third-order valence-electron chi connectivity index (χ3n) is 2.65. The highest BCUT2D eigenvalue weighted by Crippen LogP contribution is 2.36. The molecule has 0 saturated carbocycles. The lowest BCUT2D eigenvalue weighted by molar-refractivity contribution is 0.0489. The van der Waals surface area contributed by atoms with Gasteiger partial charge in [0.1, 0.15) is 0 Å². The van der Waals surface area contributed by atoms with Crippen molar-refractivity contribution in [2.45, 2.75) is 45.0 Å². The normalized spacial score (nSPS) is 15.9. The van der Waals surface area contributed by atoms with E-state index >= 15 is 0 Å². The summed E-state index contributed by atoms with van der Waals surface area (Å²) >= 11 is 0. The Bertz CT molecular complexity index is 151. The van der Waals surface area contributed by atoms with Crippen molar-refractivity contribution < 1.29 is 14.6 Å². The van der Waals surface area contributed by atoms with Crippen LogP contribution in [-0.2, 0) is 4.43 Å². The summed E-state index contributed by atoms with van der Waals surface area (Å²) in [5.74, 6) is 0. The number of hydrogen-bond donors (Lipinski definition) is 2. The van der Waals surface area contributed by atoms with Gasteiger partial charge in [-0.25, -0.2) is 0 Å². The van der Waals surface area contributed by atoms with Gasteiger partial charge in [0, 0.05) is 0 Å². The Hall–Kier alpha value is 0.0969. The fourth-order valence-corrected chi connectivity index (χ4v) is 1.62. The summed E-state index contributed by atoms with van der Waals surface area (Å²) < 4.78 is 5.68. The predicted molar refractivity (Wildman–Crippen MR) is 56.2 cm³/mol. The first-order valence-electron chi connectivity index (χ1n) is 4.63. The van der Waals surface area contributed by atoms with Crippen molar-refractivity contribution >= 4 is 8.32 Å². The van der Waals surface area contributed by atoms with E-state index in [1.54, 1.807) is 0 Å². The minimum Gasteiger partial charge on any atom is -0.414 e. The van der Waals surface area contributed by atoms with Crippen LogP contribution in [0.2, 0.25) is 18.1 Å². The molecule has 13 heavy (non-hydrogen) atoms. The van der Waals surface area contributed by atoms with Gasteiger partial charge in [-0.2, -0.15) is 0 Å². The van der Waals surface area contributed by atoms with Gasteiger partial charge < -0.3 is 14.6 Å². The van der Waals surface area contributed by atoms with Crippen LogP contribution in [0.15, 0.2) is 0 Å². The highest BCUT2D eigenvalue weighted by molar-refractivity contribution is 6.74. The first-order valence-corrected chi connectivity index (χ1v) is 7.54. The molecule has 0 aliphatic rings. The Labute approximate surface area is 81.9 Å². The maximum absolute atomic E-state index is 9.13. The van der Waals surface area contributed by atoms with Crippen LogP contribution in [0.3, 0.4) is 0 Å². The number of hydrogen-bond acceptors (Lipinski definition) is 3. The average molecular weight is 206 g/mol. The number of aliphatic hydroxyl groups is 2. The van der Waals surface area contributed by atoms with Gasteiger partial charge in [0.05, 0.1) is 19.3 Å². The quantitative estimate of drug-likeness (QED) is 0.683. The van der Waals surface area contributed by atoms with Gasteiger partial charge in [0.2, 0.25) is 0 Å². The molecule has 0 rings (SSSR count). The van der Waals surface area contributed by atoms with Gasteiger partial charge >= 0.3 is 0 Å². The van der Waals surface area contributed by atoms with E-state index in [0.29, 0.717) is 0 Å². The third-order valence-corrected chi connectivity index (χ3v) is 7.15. The molecule has 0 bridgehead atoms. The molecule has 80 valence electrons. The first kappa shape index (κ1) is 13.1. The van der Waals surface area contributed by atoms with E-state index in [-0.39, 0.29) is 18.3 Å². The lowest BCUT2D eigenvalue weighted by Crippen LogP contribution is -2.43. The minimum absolute atomic E-state index is 0.155. The van der Waals surface area contributed by atoms with Crippen molar-refractivity contribution in [2.75, 3.05) is 13.2 Å². The van der Waals surface area contributed by atoms with Gasteiger partial charge in [-0.15, -0.1) is 0 Å². The van der Waals surface area contributed by atoms with Crippen LogP contribution in [0.1, 0.15) is 20.8 Å². The zero-order valence-electron chi connectivity index (χ0n) is 9.29. The molecule has 0 amide bonds. The molecular weight excluding hydrogens is 184 g/mol. The van der Waals surface area contributed by atoms with E-state index in [0.717, 1.165) is 0 Å². The van der Waals surface area contributed by atoms with Crippen LogP contribution < -0.4 is 0 Å². The van der Waals surface area contributed by atoms with Crippen molar-refractivity contribution in [2.24, 2.45) is 0 Å². The van der Waals surface area contributed by atoms with Gasteiger partial charge in [-0.3, -0.25) is 0 Å². The second-order valence-electron chi connectivity index (χ2n) is 4.91. The summed E-state index contributed by atoms with van der Waals surface area (Å²) in [5, 5.41) is 17.9. The number of aliphatic hydroxyl groups excluding tert-OH is 2. The average Bonchev–Trinajstić information content (AvgIpc) is 1.98. The van der Waals surface area contributed by atoms with Crippen LogP contribution in [0.4, 0.5) is 0 Å². The lowest BCUT2D eigenvalue weighted by atomic mass is 10.2. The fourth-order valence-electron chi connectivity index (χ4n) is 0.574. The molecule has 0 saturated heterocycles. The monoisotopic (exact) mass is 206 g/mol. The Morgan fingerprint density at radius 1 is 1.31 bits per heavy atom. The largest absolute Gasteiger partial charge is 0.414 e. The highest BCUT2D eigenvalue weighted by atomic mass is 28.4. The van der Waals surface area contributed by atoms with E-state index in [1.807, 2.05) is 0 Å². The predicted octanol–water partition coefficient (Wildman–Crippen LogP) is 1.36. The molecule has 0 radical (unpaired) electrons. The molecule has 0 fully saturated rings. The molecule has 0 aliphatic carbocycles. The van der Waals surface area contributed by atoms with Crippen LogP contribution in [0.5, 0.6) is 0 Å². The summed E-state index contributed by atoms with van der Waals surface area (Å²) in [6.07, 6.45) is -0.742. The molecule has 0 aliphatic heterocycles. The topological polar surface area (TPSA) is 49.7 Å². The van der Waals surface area contributed by atoms with Crippen LogP contribution in [-0.4, -0.2) is 37.8 Å². The number of rotatable bonds is 4. The van der Waals surface area contributed by atoms with E-state index in [4.69, 9.17) is 14.6 Å². The molecule has 2 N–H and O–H groups in total. The van der Waals surface area contributed by atoms with E-state index in [2.05, 4.69) is 33.9 Å². The summed E-state index contributed by atoms with van der Waals surface area (Å²) in [6, 6.07) is 0. The molecule has 4 heteroatoms. The highest BCUT2D eigenvalue weighted by Gasteiger charge is 2.37.